The number of aryl methyl sites for hydroxylation is 2. The maximum atomic E-state index is 10.7. The lowest BCUT2D eigenvalue weighted by molar-refractivity contribution is 0.0691. The van der Waals surface area contributed by atoms with Gasteiger partial charge < -0.3 is 14.5 Å². The first-order valence-corrected chi connectivity index (χ1v) is 4.44. The number of carbonyl (C=O) groups is 1. The Morgan fingerprint density at radius 1 is 1.47 bits per heavy atom. The average molecular weight is 206 g/mol. The van der Waals surface area contributed by atoms with Crippen LogP contribution in [0, 0.1) is 13.8 Å². The molecule has 15 heavy (non-hydrogen) atoms. The minimum atomic E-state index is -0.991. The highest BCUT2D eigenvalue weighted by molar-refractivity contribution is 5.86. The van der Waals surface area contributed by atoms with E-state index in [0.717, 1.165) is 5.69 Å². The maximum absolute atomic E-state index is 10.7. The van der Waals surface area contributed by atoms with Crippen molar-refractivity contribution < 1.29 is 14.3 Å². The molecule has 0 atom stereocenters. The Bertz CT molecular complexity index is 510. The van der Waals surface area contributed by atoms with Gasteiger partial charge in [0.1, 0.15) is 5.69 Å². The van der Waals surface area contributed by atoms with Crippen LogP contribution in [0.4, 0.5) is 0 Å². The van der Waals surface area contributed by atoms with Crippen LogP contribution in [-0.2, 0) is 0 Å². The monoisotopic (exact) mass is 206 g/mol. The molecule has 2 aromatic heterocycles. The van der Waals surface area contributed by atoms with Gasteiger partial charge in [0.2, 0.25) is 0 Å². The minimum Gasteiger partial charge on any atom is -0.477 e. The molecule has 78 valence electrons. The molecule has 0 radical (unpaired) electrons. The smallest absolute Gasteiger partial charge is 0.352 e. The molecule has 0 unspecified atom stereocenters. The molecule has 0 saturated carbocycles. The third kappa shape index (κ3) is 1.63. The Morgan fingerprint density at radius 3 is 2.67 bits per heavy atom. The van der Waals surface area contributed by atoms with Crippen LogP contribution in [0.2, 0.25) is 0 Å². The van der Waals surface area contributed by atoms with Gasteiger partial charge in [0.15, 0.2) is 11.7 Å². The first-order valence-electron chi connectivity index (χ1n) is 4.44. The standard InChI is InChI=1S/C10H10N2O3/c1-5-9(15-6(2)11-5)7-3-4-8(12-7)10(13)14/h3-4,12H,1-2H3,(H,13,14). The summed E-state index contributed by atoms with van der Waals surface area (Å²) in [6.45, 7) is 3.56. The normalized spacial score (nSPS) is 10.5. The van der Waals surface area contributed by atoms with Crippen molar-refractivity contribution >= 4 is 5.97 Å². The van der Waals surface area contributed by atoms with E-state index in [2.05, 4.69) is 9.97 Å². The quantitative estimate of drug-likeness (QED) is 0.787. The van der Waals surface area contributed by atoms with Gasteiger partial charge in [-0.05, 0) is 19.1 Å². The second kappa shape index (κ2) is 3.27. The summed E-state index contributed by atoms with van der Waals surface area (Å²) in [5.74, 6) is 0.157. The molecule has 2 aromatic rings. The summed E-state index contributed by atoms with van der Waals surface area (Å²) in [7, 11) is 0. The molecule has 0 amide bonds. The van der Waals surface area contributed by atoms with Crippen molar-refractivity contribution in [3.8, 4) is 11.5 Å². The van der Waals surface area contributed by atoms with Gasteiger partial charge in [0.05, 0.1) is 11.4 Å². The van der Waals surface area contributed by atoms with Crippen LogP contribution in [0.1, 0.15) is 22.1 Å². The molecular weight excluding hydrogens is 196 g/mol. The number of aromatic nitrogens is 2. The summed E-state index contributed by atoms with van der Waals surface area (Å²) in [6.07, 6.45) is 0. The van der Waals surface area contributed by atoms with Gasteiger partial charge in [0, 0.05) is 6.92 Å². The van der Waals surface area contributed by atoms with Gasteiger partial charge >= 0.3 is 5.97 Å². The number of aromatic amines is 1. The van der Waals surface area contributed by atoms with Crippen LogP contribution < -0.4 is 0 Å². The number of hydrogen-bond donors (Lipinski definition) is 2. The minimum absolute atomic E-state index is 0.137. The van der Waals surface area contributed by atoms with Crippen molar-refractivity contribution in [3.05, 3.63) is 29.4 Å². The van der Waals surface area contributed by atoms with E-state index in [9.17, 15) is 4.79 Å². The van der Waals surface area contributed by atoms with E-state index < -0.39 is 5.97 Å². The Kier molecular flexibility index (Phi) is 2.07. The molecule has 0 aliphatic carbocycles. The first kappa shape index (κ1) is 9.51. The molecule has 0 saturated heterocycles. The molecule has 0 fully saturated rings. The molecule has 0 aliphatic heterocycles. The van der Waals surface area contributed by atoms with Crippen molar-refractivity contribution in [1.82, 2.24) is 9.97 Å². The summed E-state index contributed by atoms with van der Waals surface area (Å²) in [6, 6.07) is 3.16. The third-order valence-corrected chi connectivity index (χ3v) is 2.06. The van der Waals surface area contributed by atoms with E-state index in [0.29, 0.717) is 17.3 Å². The van der Waals surface area contributed by atoms with E-state index >= 15 is 0 Å². The van der Waals surface area contributed by atoms with E-state index in [1.165, 1.54) is 6.07 Å². The summed E-state index contributed by atoms with van der Waals surface area (Å²) in [5.41, 5.74) is 1.51. The third-order valence-electron chi connectivity index (χ3n) is 2.06. The zero-order valence-electron chi connectivity index (χ0n) is 8.37. The zero-order valence-corrected chi connectivity index (χ0v) is 8.37. The molecule has 0 bridgehead atoms. The maximum Gasteiger partial charge on any atom is 0.352 e. The van der Waals surface area contributed by atoms with Crippen LogP contribution in [0.15, 0.2) is 16.5 Å². The number of carboxylic acid groups (broad SMARTS) is 1. The van der Waals surface area contributed by atoms with Crippen LogP contribution in [-0.4, -0.2) is 21.0 Å². The lowest BCUT2D eigenvalue weighted by Gasteiger charge is -1.92. The highest BCUT2D eigenvalue weighted by Crippen LogP contribution is 2.23. The van der Waals surface area contributed by atoms with E-state index in [-0.39, 0.29) is 5.69 Å². The predicted molar refractivity (Wildman–Crippen MR) is 52.7 cm³/mol. The molecule has 0 aliphatic rings. The number of rotatable bonds is 2. The lowest BCUT2D eigenvalue weighted by atomic mass is 10.3. The first-order chi connectivity index (χ1) is 7.08. The molecule has 0 aromatic carbocycles. The number of hydrogen-bond acceptors (Lipinski definition) is 3. The molecule has 2 N–H and O–H groups in total. The molecule has 5 heteroatoms. The van der Waals surface area contributed by atoms with Crippen molar-refractivity contribution in [3.63, 3.8) is 0 Å². The SMILES string of the molecule is Cc1nc(C)c(-c2ccc(C(=O)O)[nH]2)o1. The average Bonchev–Trinajstić information content (AvgIpc) is 2.71. The largest absolute Gasteiger partial charge is 0.477 e. The fraction of sp³-hybridized carbons (Fsp3) is 0.200. The van der Waals surface area contributed by atoms with Gasteiger partial charge in [-0.25, -0.2) is 9.78 Å². The number of H-pyrrole nitrogens is 1. The predicted octanol–water partition coefficient (Wildman–Crippen LogP) is 1.98. The van der Waals surface area contributed by atoms with E-state index in [4.69, 9.17) is 9.52 Å². The number of oxazole rings is 1. The fourth-order valence-electron chi connectivity index (χ4n) is 1.43. The second-order valence-corrected chi connectivity index (χ2v) is 3.24. The summed E-state index contributed by atoms with van der Waals surface area (Å²) >= 11 is 0. The van der Waals surface area contributed by atoms with Crippen LogP contribution in [0.3, 0.4) is 0 Å². The van der Waals surface area contributed by atoms with Gasteiger partial charge in [-0.2, -0.15) is 0 Å². The van der Waals surface area contributed by atoms with Crippen LogP contribution in [0.25, 0.3) is 11.5 Å². The second-order valence-electron chi connectivity index (χ2n) is 3.24. The Balaban J connectivity index is 2.45. The summed E-state index contributed by atoms with van der Waals surface area (Å²) in [4.78, 5) is 17.5. The molecule has 2 rings (SSSR count). The number of nitrogens with one attached hydrogen (secondary N) is 1. The van der Waals surface area contributed by atoms with Gasteiger partial charge in [-0.3, -0.25) is 0 Å². The van der Waals surface area contributed by atoms with Crippen LogP contribution in [0.5, 0.6) is 0 Å². The number of aromatic carboxylic acids is 1. The summed E-state index contributed by atoms with van der Waals surface area (Å²) in [5, 5.41) is 8.74. The topological polar surface area (TPSA) is 79.1 Å². The number of carboxylic acids is 1. The zero-order chi connectivity index (χ0) is 11.0. The van der Waals surface area contributed by atoms with E-state index in [1.807, 2.05) is 6.92 Å². The van der Waals surface area contributed by atoms with Crippen LogP contribution >= 0.6 is 0 Å². The highest BCUT2D eigenvalue weighted by atomic mass is 16.4. The van der Waals surface area contributed by atoms with Crippen molar-refractivity contribution in [2.45, 2.75) is 13.8 Å². The lowest BCUT2D eigenvalue weighted by Crippen LogP contribution is -1.95. The van der Waals surface area contributed by atoms with Crippen molar-refractivity contribution in [2.24, 2.45) is 0 Å². The van der Waals surface area contributed by atoms with Crippen molar-refractivity contribution in [1.29, 1.82) is 0 Å². The summed E-state index contributed by atoms with van der Waals surface area (Å²) < 4.78 is 5.36. The van der Waals surface area contributed by atoms with E-state index in [1.54, 1.807) is 13.0 Å². The molecular formula is C10H10N2O3. The molecule has 5 nitrogen and oxygen atoms in total. The molecule has 2 heterocycles. The Morgan fingerprint density at radius 2 is 2.20 bits per heavy atom. The molecule has 0 spiro atoms. The van der Waals surface area contributed by atoms with Crippen molar-refractivity contribution in [2.75, 3.05) is 0 Å². The number of nitrogens with zero attached hydrogens (tertiary/aromatic N) is 1. The Hall–Kier alpha value is -2.04. The Labute approximate surface area is 85.8 Å². The highest BCUT2D eigenvalue weighted by Gasteiger charge is 2.13. The fourth-order valence-corrected chi connectivity index (χ4v) is 1.43. The van der Waals surface area contributed by atoms with Gasteiger partial charge in [0.25, 0.3) is 0 Å². The van der Waals surface area contributed by atoms with Gasteiger partial charge in [-0.1, -0.05) is 0 Å². The van der Waals surface area contributed by atoms with Gasteiger partial charge in [-0.15, -0.1) is 0 Å².